The number of amides is 1. The van der Waals surface area contributed by atoms with Crippen molar-refractivity contribution in [2.75, 3.05) is 18.2 Å². The van der Waals surface area contributed by atoms with Crippen molar-refractivity contribution >= 4 is 34.1 Å². The van der Waals surface area contributed by atoms with E-state index in [0.29, 0.717) is 22.3 Å². The van der Waals surface area contributed by atoms with E-state index in [4.69, 9.17) is 4.74 Å². The molecule has 4 aromatic rings. The van der Waals surface area contributed by atoms with Gasteiger partial charge in [-0.1, -0.05) is 17.8 Å². The van der Waals surface area contributed by atoms with E-state index in [1.165, 1.54) is 35.1 Å². The lowest BCUT2D eigenvalue weighted by Gasteiger charge is -2.13. The Balaban J connectivity index is 1.69. The van der Waals surface area contributed by atoms with Crippen molar-refractivity contribution in [2.24, 2.45) is 0 Å². The summed E-state index contributed by atoms with van der Waals surface area (Å²) in [5.74, 6) is 0.607. The number of benzene rings is 2. The molecule has 7 nitrogen and oxygen atoms in total. The Kier molecular flexibility index (Phi) is 6.65. The third-order valence-corrected chi connectivity index (χ3v) is 6.04. The van der Waals surface area contributed by atoms with Crippen LogP contribution in [0.15, 0.2) is 65.3 Å². The third-order valence-electron chi connectivity index (χ3n) is 4.42. The predicted octanol–water partition coefficient (Wildman–Crippen LogP) is 5.15. The second-order valence-electron chi connectivity index (χ2n) is 6.59. The first-order chi connectivity index (χ1) is 15.8. The van der Waals surface area contributed by atoms with E-state index in [1.54, 1.807) is 35.8 Å². The van der Waals surface area contributed by atoms with Gasteiger partial charge >= 0.3 is 6.18 Å². The van der Waals surface area contributed by atoms with Crippen LogP contribution in [0.4, 0.5) is 18.3 Å². The second-order valence-corrected chi connectivity index (χ2v) is 8.43. The predicted molar refractivity (Wildman–Crippen MR) is 120 cm³/mol. The Morgan fingerprint density at radius 3 is 2.64 bits per heavy atom. The molecule has 2 aromatic heterocycles. The molecule has 0 aliphatic rings. The summed E-state index contributed by atoms with van der Waals surface area (Å²) in [6.45, 7) is 0. The Morgan fingerprint density at radius 2 is 1.97 bits per heavy atom. The summed E-state index contributed by atoms with van der Waals surface area (Å²) in [4.78, 5) is 16.3. The number of hydrogen-bond donors (Lipinski definition) is 1. The minimum absolute atomic E-state index is 0.0285. The highest BCUT2D eigenvalue weighted by Crippen LogP contribution is 2.33. The number of methoxy groups -OCH3 is 1. The van der Waals surface area contributed by atoms with Crippen molar-refractivity contribution in [3.8, 4) is 22.8 Å². The summed E-state index contributed by atoms with van der Waals surface area (Å²) in [6, 6.07) is 11.8. The zero-order valence-electron chi connectivity index (χ0n) is 17.0. The molecule has 4 rings (SSSR count). The number of anilines is 1. The Hall–Kier alpha value is -3.38. The maximum absolute atomic E-state index is 13.3. The molecule has 0 aliphatic carbocycles. The molecular weight excluding hydrogens is 475 g/mol. The monoisotopic (exact) mass is 491 g/mol. The number of nitrogens with one attached hydrogen (secondary N) is 1. The van der Waals surface area contributed by atoms with Crippen molar-refractivity contribution in [2.45, 2.75) is 11.3 Å². The molecule has 0 bridgehead atoms. The van der Waals surface area contributed by atoms with Gasteiger partial charge in [0.2, 0.25) is 5.91 Å². The van der Waals surface area contributed by atoms with Crippen molar-refractivity contribution in [1.29, 1.82) is 0 Å². The van der Waals surface area contributed by atoms with Crippen LogP contribution in [0, 0.1) is 0 Å². The average molecular weight is 492 g/mol. The zero-order chi connectivity index (χ0) is 23.4. The van der Waals surface area contributed by atoms with Gasteiger partial charge in [-0.25, -0.2) is 4.98 Å². The van der Waals surface area contributed by atoms with Crippen LogP contribution in [0.25, 0.3) is 17.1 Å². The molecule has 0 radical (unpaired) electrons. The molecule has 0 unspecified atom stereocenters. The van der Waals surface area contributed by atoms with Crippen LogP contribution < -0.4 is 10.1 Å². The minimum atomic E-state index is -4.51. The number of ether oxygens (including phenoxy) is 1. The lowest BCUT2D eigenvalue weighted by atomic mass is 10.1. The highest BCUT2D eigenvalue weighted by molar-refractivity contribution is 7.99. The number of carbonyl (C=O) groups excluding carboxylic acids is 1. The summed E-state index contributed by atoms with van der Waals surface area (Å²) in [5, 5.41) is 13.5. The Labute approximate surface area is 194 Å². The smallest absolute Gasteiger partial charge is 0.416 e. The summed E-state index contributed by atoms with van der Waals surface area (Å²) in [7, 11) is 1.53. The van der Waals surface area contributed by atoms with Gasteiger partial charge in [-0.3, -0.25) is 9.36 Å². The maximum Gasteiger partial charge on any atom is 0.416 e. The number of aromatic nitrogens is 4. The van der Waals surface area contributed by atoms with Crippen LogP contribution in [-0.2, 0) is 11.0 Å². The number of hydrogen-bond acceptors (Lipinski definition) is 7. The standard InChI is InChI=1S/C21H16F3N5O2S2/c1-31-16-7-5-13(6-8-16)18-27-28-20(33-12-17(30)26-19-25-9-10-32-19)29(18)15-4-2-3-14(11-15)21(22,23)24/h2-11H,12H2,1H3,(H,25,26,30). The molecule has 0 saturated heterocycles. The molecule has 0 spiro atoms. The first-order valence-electron chi connectivity index (χ1n) is 9.45. The van der Waals surface area contributed by atoms with Gasteiger partial charge < -0.3 is 10.1 Å². The van der Waals surface area contributed by atoms with Gasteiger partial charge in [0.25, 0.3) is 0 Å². The lowest BCUT2D eigenvalue weighted by molar-refractivity contribution is -0.137. The van der Waals surface area contributed by atoms with Crippen molar-refractivity contribution in [3.63, 3.8) is 0 Å². The highest BCUT2D eigenvalue weighted by atomic mass is 32.2. The fraction of sp³-hybridized carbons (Fsp3) is 0.143. The van der Waals surface area contributed by atoms with Gasteiger partial charge in [0, 0.05) is 17.1 Å². The normalized spacial score (nSPS) is 11.4. The summed E-state index contributed by atoms with van der Waals surface area (Å²) < 4.78 is 46.7. The molecule has 33 heavy (non-hydrogen) atoms. The number of halogens is 3. The highest BCUT2D eigenvalue weighted by Gasteiger charge is 2.31. The fourth-order valence-electron chi connectivity index (χ4n) is 2.92. The van der Waals surface area contributed by atoms with Gasteiger partial charge in [0.1, 0.15) is 5.75 Å². The van der Waals surface area contributed by atoms with Gasteiger partial charge in [0.15, 0.2) is 16.1 Å². The molecule has 0 atom stereocenters. The number of nitrogens with zero attached hydrogens (tertiary/aromatic N) is 4. The number of thioether (sulfide) groups is 1. The SMILES string of the molecule is COc1ccc(-c2nnc(SCC(=O)Nc3nccs3)n2-c2cccc(C(F)(F)F)c2)cc1. The average Bonchev–Trinajstić information content (AvgIpc) is 3.47. The van der Waals surface area contributed by atoms with Crippen LogP contribution in [0.2, 0.25) is 0 Å². The molecule has 2 aromatic carbocycles. The fourth-order valence-corrected chi connectivity index (χ4v) is 4.21. The third kappa shape index (κ3) is 5.34. The van der Waals surface area contributed by atoms with Crippen LogP contribution in [-0.4, -0.2) is 38.5 Å². The first kappa shape index (κ1) is 22.8. The van der Waals surface area contributed by atoms with Crippen LogP contribution in [0.1, 0.15) is 5.56 Å². The molecule has 1 amide bonds. The second kappa shape index (κ2) is 9.63. The van der Waals surface area contributed by atoms with E-state index in [2.05, 4.69) is 20.5 Å². The molecule has 170 valence electrons. The van der Waals surface area contributed by atoms with Gasteiger partial charge in [-0.05, 0) is 42.5 Å². The van der Waals surface area contributed by atoms with E-state index in [1.807, 2.05) is 0 Å². The Bertz CT molecular complexity index is 1240. The summed E-state index contributed by atoms with van der Waals surface area (Å²) >= 11 is 2.34. The molecule has 2 heterocycles. The van der Waals surface area contributed by atoms with E-state index in [-0.39, 0.29) is 22.5 Å². The lowest BCUT2D eigenvalue weighted by Crippen LogP contribution is -2.14. The van der Waals surface area contributed by atoms with Crippen molar-refractivity contribution in [1.82, 2.24) is 19.7 Å². The quantitative estimate of drug-likeness (QED) is 0.360. The van der Waals surface area contributed by atoms with Crippen LogP contribution in [0.3, 0.4) is 0 Å². The van der Waals surface area contributed by atoms with Gasteiger partial charge in [-0.15, -0.1) is 21.5 Å². The van der Waals surface area contributed by atoms with E-state index in [0.717, 1.165) is 23.9 Å². The molecule has 0 aliphatic heterocycles. The van der Waals surface area contributed by atoms with Gasteiger partial charge in [-0.2, -0.15) is 13.2 Å². The molecule has 1 N–H and O–H groups in total. The molecule has 0 saturated carbocycles. The number of carbonyl (C=O) groups is 1. The molecular formula is C21H16F3N5O2S2. The zero-order valence-corrected chi connectivity index (χ0v) is 18.7. The Morgan fingerprint density at radius 1 is 1.18 bits per heavy atom. The largest absolute Gasteiger partial charge is 0.497 e. The first-order valence-corrected chi connectivity index (χ1v) is 11.3. The molecule has 0 fully saturated rings. The topological polar surface area (TPSA) is 81.9 Å². The van der Waals surface area contributed by atoms with Crippen molar-refractivity contribution < 1.29 is 22.7 Å². The van der Waals surface area contributed by atoms with Crippen LogP contribution >= 0.6 is 23.1 Å². The van der Waals surface area contributed by atoms with Crippen LogP contribution in [0.5, 0.6) is 5.75 Å². The summed E-state index contributed by atoms with van der Waals surface area (Å²) in [6.07, 6.45) is -2.94. The van der Waals surface area contributed by atoms with Crippen molar-refractivity contribution in [3.05, 3.63) is 65.7 Å². The van der Waals surface area contributed by atoms with Gasteiger partial charge in [0.05, 0.1) is 24.1 Å². The minimum Gasteiger partial charge on any atom is -0.497 e. The number of rotatable bonds is 7. The molecule has 12 heteroatoms. The number of alkyl halides is 3. The summed E-state index contributed by atoms with van der Waals surface area (Å²) in [5.41, 5.74) is 0.0510. The van der Waals surface area contributed by atoms with E-state index in [9.17, 15) is 18.0 Å². The van der Waals surface area contributed by atoms with E-state index >= 15 is 0 Å². The van der Waals surface area contributed by atoms with E-state index < -0.39 is 11.7 Å². The maximum atomic E-state index is 13.3. The number of thiazole rings is 1.